The highest BCUT2D eigenvalue weighted by molar-refractivity contribution is 14.1. The van der Waals surface area contributed by atoms with Crippen LogP contribution in [0.3, 0.4) is 0 Å². The fraction of sp³-hybridized carbons (Fsp3) is 0. The summed E-state index contributed by atoms with van der Waals surface area (Å²) >= 11 is 2.05. The van der Waals surface area contributed by atoms with Gasteiger partial charge >= 0.3 is 5.97 Å². The zero-order valence-corrected chi connectivity index (χ0v) is 12.7. The lowest BCUT2D eigenvalue weighted by Gasteiger charge is -2.16. The highest BCUT2D eigenvalue weighted by Crippen LogP contribution is 2.31. The van der Waals surface area contributed by atoms with Crippen LogP contribution in [0.15, 0.2) is 42.5 Å². The lowest BCUT2D eigenvalue weighted by molar-refractivity contribution is 0.0698. The molecule has 21 heavy (non-hydrogen) atoms. The zero-order chi connectivity index (χ0) is 15.1. The van der Waals surface area contributed by atoms with Gasteiger partial charge in [0.2, 0.25) is 0 Å². The Morgan fingerprint density at radius 1 is 1.00 bits per heavy atom. The largest absolute Gasteiger partial charge is 0.478 e. The molecule has 3 rings (SSSR count). The number of hydrogen-bond donors (Lipinski definition) is 1. The van der Waals surface area contributed by atoms with Crippen LogP contribution in [0.25, 0.3) is 0 Å². The number of aromatic carboxylic acids is 1. The minimum Gasteiger partial charge on any atom is -0.478 e. The molecule has 0 bridgehead atoms. The standard InChI is InChI=1S/C15H8INO4/c16-8-5-6-9-11(7-8)14(19)17(13(9)18)12-4-2-1-3-10(12)15(20)21/h1-7H,(H,20,21). The van der Waals surface area contributed by atoms with Gasteiger partial charge in [0.1, 0.15) is 0 Å². The van der Waals surface area contributed by atoms with E-state index in [1.807, 2.05) is 0 Å². The van der Waals surface area contributed by atoms with Crippen LogP contribution < -0.4 is 4.90 Å². The minimum absolute atomic E-state index is 0.0818. The van der Waals surface area contributed by atoms with E-state index < -0.39 is 17.8 Å². The Kier molecular flexibility index (Phi) is 3.25. The van der Waals surface area contributed by atoms with Gasteiger partial charge in [-0.3, -0.25) is 9.59 Å². The molecular weight excluding hydrogens is 385 g/mol. The summed E-state index contributed by atoms with van der Waals surface area (Å²) < 4.78 is 0.834. The molecule has 0 saturated heterocycles. The summed E-state index contributed by atoms with van der Waals surface area (Å²) in [5.41, 5.74) is 0.598. The molecular formula is C15H8INO4. The molecule has 1 heterocycles. The van der Waals surface area contributed by atoms with E-state index in [-0.39, 0.29) is 11.3 Å². The van der Waals surface area contributed by atoms with Crippen molar-refractivity contribution in [1.82, 2.24) is 0 Å². The molecule has 5 nitrogen and oxygen atoms in total. The van der Waals surface area contributed by atoms with Gasteiger partial charge in [-0.05, 0) is 52.9 Å². The van der Waals surface area contributed by atoms with E-state index in [0.717, 1.165) is 8.47 Å². The fourth-order valence-electron chi connectivity index (χ4n) is 2.28. The van der Waals surface area contributed by atoms with Crippen molar-refractivity contribution in [2.75, 3.05) is 4.90 Å². The first-order valence-electron chi connectivity index (χ1n) is 6.01. The average molecular weight is 393 g/mol. The van der Waals surface area contributed by atoms with Gasteiger partial charge in [-0.15, -0.1) is 0 Å². The maximum Gasteiger partial charge on any atom is 0.337 e. The van der Waals surface area contributed by atoms with Gasteiger partial charge < -0.3 is 5.11 Å². The SMILES string of the molecule is O=C(O)c1ccccc1N1C(=O)c2ccc(I)cc2C1=O. The number of amides is 2. The van der Waals surface area contributed by atoms with Gasteiger partial charge in [-0.25, -0.2) is 9.69 Å². The molecule has 0 aliphatic carbocycles. The molecule has 1 N–H and O–H groups in total. The second-order valence-electron chi connectivity index (χ2n) is 4.46. The lowest BCUT2D eigenvalue weighted by Crippen LogP contribution is -2.30. The second kappa shape index (κ2) is 4.96. The van der Waals surface area contributed by atoms with Crippen molar-refractivity contribution in [2.45, 2.75) is 0 Å². The number of fused-ring (bicyclic) bond motifs is 1. The monoisotopic (exact) mass is 393 g/mol. The minimum atomic E-state index is -1.18. The van der Waals surface area contributed by atoms with Crippen LogP contribution in [0.4, 0.5) is 5.69 Å². The molecule has 2 aromatic rings. The molecule has 6 heteroatoms. The van der Waals surface area contributed by atoms with E-state index in [4.69, 9.17) is 0 Å². The van der Waals surface area contributed by atoms with E-state index in [2.05, 4.69) is 22.6 Å². The van der Waals surface area contributed by atoms with E-state index >= 15 is 0 Å². The molecule has 0 unspecified atom stereocenters. The third kappa shape index (κ3) is 2.11. The lowest BCUT2D eigenvalue weighted by atomic mass is 10.1. The quantitative estimate of drug-likeness (QED) is 0.629. The molecule has 0 atom stereocenters. The normalized spacial score (nSPS) is 13.5. The fourth-order valence-corrected chi connectivity index (χ4v) is 2.77. The molecule has 0 fully saturated rings. The Balaban J connectivity index is 2.17. The summed E-state index contributed by atoms with van der Waals surface area (Å²) in [5.74, 6) is -2.18. The number of hydrogen-bond acceptors (Lipinski definition) is 3. The van der Waals surface area contributed by atoms with Crippen LogP contribution in [-0.4, -0.2) is 22.9 Å². The van der Waals surface area contributed by atoms with Crippen molar-refractivity contribution < 1.29 is 19.5 Å². The molecule has 1 aliphatic rings. The van der Waals surface area contributed by atoms with Crippen molar-refractivity contribution in [3.8, 4) is 0 Å². The van der Waals surface area contributed by atoms with E-state index in [0.29, 0.717) is 11.1 Å². The number of carbonyl (C=O) groups is 3. The first-order chi connectivity index (χ1) is 10.0. The number of carboxylic acid groups (broad SMARTS) is 1. The van der Waals surface area contributed by atoms with Gasteiger partial charge in [-0.1, -0.05) is 12.1 Å². The summed E-state index contributed by atoms with van der Waals surface area (Å²) in [6.45, 7) is 0. The molecule has 104 valence electrons. The van der Waals surface area contributed by atoms with Crippen molar-refractivity contribution >= 4 is 46.1 Å². The maximum atomic E-state index is 12.4. The van der Waals surface area contributed by atoms with Crippen LogP contribution >= 0.6 is 22.6 Å². The van der Waals surface area contributed by atoms with Crippen LogP contribution in [-0.2, 0) is 0 Å². The number of benzene rings is 2. The Bertz CT molecular complexity index is 800. The summed E-state index contributed by atoms with van der Waals surface area (Å²) in [5, 5.41) is 9.21. The number of nitrogens with zero attached hydrogens (tertiary/aromatic N) is 1. The first-order valence-corrected chi connectivity index (χ1v) is 7.09. The van der Waals surface area contributed by atoms with Gasteiger partial charge in [0.05, 0.1) is 22.4 Å². The van der Waals surface area contributed by atoms with E-state index in [9.17, 15) is 19.5 Å². The Labute approximate surface area is 133 Å². The van der Waals surface area contributed by atoms with E-state index in [1.54, 1.807) is 30.3 Å². The van der Waals surface area contributed by atoms with Crippen molar-refractivity contribution in [2.24, 2.45) is 0 Å². The Morgan fingerprint density at radius 3 is 2.38 bits per heavy atom. The van der Waals surface area contributed by atoms with Gasteiger partial charge in [0.25, 0.3) is 11.8 Å². The van der Waals surface area contributed by atoms with Crippen molar-refractivity contribution in [3.05, 3.63) is 62.7 Å². The highest BCUT2D eigenvalue weighted by atomic mass is 127. The summed E-state index contributed by atoms with van der Waals surface area (Å²) in [6.07, 6.45) is 0. The summed E-state index contributed by atoms with van der Waals surface area (Å²) in [4.78, 5) is 37.0. The summed E-state index contributed by atoms with van der Waals surface area (Å²) in [7, 11) is 0. The van der Waals surface area contributed by atoms with Crippen LogP contribution in [0.1, 0.15) is 31.1 Å². The van der Waals surface area contributed by atoms with Crippen LogP contribution in [0, 0.1) is 3.57 Å². The number of halogens is 1. The van der Waals surface area contributed by atoms with Gasteiger partial charge in [0, 0.05) is 3.57 Å². The Morgan fingerprint density at radius 2 is 1.67 bits per heavy atom. The molecule has 2 amide bonds. The second-order valence-corrected chi connectivity index (χ2v) is 5.70. The van der Waals surface area contributed by atoms with Crippen molar-refractivity contribution in [3.63, 3.8) is 0 Å². The van der Waals surface area contributed by atoms with Gasteiger partial charge in [0.15, 0.2) is 0 Å². The molecule has 2 aromatic carbocycles. The topological polar surface area (TPSA) is 74.7 Å². The van der Waals surface area contributed by atoms with Crippen LogP contribution in [0.2, 0.25) is 0 Å². The molecule has 0 spiro atoms. The number of para-hydroxylation sites is 1. The number of rotatable bonds is 2. The van der Waals surface area contributed by atoms with Crippen molar-refractivity contribution in [1.29, 1.82) is 0 Å². The molecule has 0 saturated carbocycles. The van der Waals surface area contributed by atoms with Gasteiger partial charge in [-0.2, -0.15) is 0 Å². The third-order valence-corrected chi connectivity index (χ3v) is 3.89. The molecule has 0 radical (unpaired) electrons. The highest BCUT2D eigenvalue weighted by Gasteiger charge is 2.38. The molecule has 0 aromatic heterocycles. The van der Waals surface area contributed by atoms with E-state index in [1.165, 1.54) is 12.1 Å². The summed E-state index contributed by atoms with van der Waals surface area (Å²) in [6, 6.07) is 10.9. The maximum absolute atomic E-state index is 12.4. The number of carbonyl (C=O) groups excluding carboxylic acids is 2. The zero-order valence-electron chi connectivity index (χ0n) is 10.5. The first kappa shape index (κ1) is 13.7. The van der Waals surface area contributed by atoms with Crippen LogP contribution in [0.5, 0.6) is 0 Å². The smallest absolute Gasteiger partial charge is 0.337 e. The number of carboxylic acids is 1. The molecule has 1 aliphatic heterocycles. The number of anilines is 1. The Hall–Kier alpha value is -2.22. The predicted molar refractivity (Wildman–Crippen MR) is 83.7 cm³/mol. The average Bonchev–Trinajstić information content (AvgIpc) is 2.70. The predicted octanol–water partition coefficient (Wildman–Crippen LogP) is 2.79. The number of imide groups is 1. The third-order valence-electron chi connectivity index (χ3n) is 3.22.